The van der Waals surface area contributed by atoms with Gasteiger partial charge in [0.2, 0.25) is 11.8 Å². The molecule has 0 aliphatic carbocycles. The van der Waals surface area contributed by atoms with Crippen molar-refractivity contribution >= 4 is 22.7 Å². The predicted octanol–water partition coefficient (Wildman–Crippen LogP) is 2.50. The summed E-state index contributed by atoms with van der Waals surface area (Å²) < 4.78 is 0. The Hall–Kier alpha value is -2.34. The van der Waals surface area contributed by atoms with Gasteiger partial charge in [-0.05, 0) is 36.5 Å². The van der Waals surface area contributed by atoms with Crippen LogP contribution in [0.25, 0.3) is 10.9 Å². The first kappa shape index (κ1) is 19.0. The van der Waals surface area contributed by atoms with Gasteiger partial charge in [0.25, 0.3) is 0 Å². The maximum absolute atomic E-state index is 13.4. The fourth-order valence-corrected chi connectivity index (χ4v) is 4.88. The molecule has 2 amide bonds. The first-order chi connectivity index (χ1) is 13.4. The van der Waals surface area contributed by atoms with Crippen molar-refractivity contribution in [3.8, 4) is 0 Å². The van der Waals surface area contributed by atoms with Crippen molar-refractivity contribution in [2.24, 2.45) is 5.92 Å². The molecule has 0 saturated carbocycles. The van der Waals surface area contributed by atoms with Crippen LogP contribution in [0, 0.1) is 5.92 Å². The molecule has 2 aliphatic rings. The number of aromatic nitrogens is 1. The zero-order chi connectivity index (χ0) is 19.8. The van der Waals surface area contributed by atoms with E-state index in [1.165, 1.54) is 10.9 Å². The second-order valence-electron chi connectivity index (χ2n) is 8.71. The summed E-state index contributed by atoms with van der Waals surface area (Å²) in [5.74, 6) is 0.649. The fraction of sp³-hybridized carbons (Fsp3) is 0.545. The first-order valence-corrected chi connectivity index (χ1v) is 10.3. The average molecular weight is 383 g/mol. The Morgan fingerprint density at radius 3 is 2.86 bits per heavy atom. The van der Waals surface area contributed by atoms with Gasteiger partial charge in [0.15, 0.2) is 0 Å². The summed E-state index contributed by atoms with van der Waals surface area (Å²) in [6, 6.07) is 8.59. The van der Waals surface area contributed by atoms with E-state index in [1.54, 1.807) is 6.92 Å². The minimum atomic E-state index is -0.0958. The lowest BCUT2D eigenvalue weighted by molar-refractivity contribution is -0.145. The number of hydrogen-bond acceptors (Lipinski definition) is 3. The van der Waals surface area contributed by atoms with Crippen LogP contribution in [-0.4, -0.2) is 57.8 Å². The molecule has 2 N–H and O–H groups in total. The lowest BCUT2D eigenvalue weighted by atomic mass is 9.96. The maximum Gasteiger partial charge on any atom is 0.240 e. The number of aromatic amines is 1. The number of rotatable bonds is 5. The minimum Gasteiger partial charge on any atom is -0.361 e. The van der Waals surface area contributed by atoms with E-state index in [2.05, 4.69) is 53.3 Å². The third-order valence-corrected chi connectivity index (χ3v) is 6.03. The van der Waals surface area contributed by atoms with Gasteiger partial charge in [0, 0.05) is 55.7 Å². The number of carbonyl (C=O) groups excluding carboxylic acids is 2. The van der Waals surface area contributed by atoms with Gasteiger partial charge in [0.1, 0.15) is 0 Å². The van der Waals surface area contributed by atoms with Crippen molar-refractivity contribution in [1.29, 1.82) is 0 Å². The summed E-state index contributed by atoms with van der Waals surface area (Å²) in [6.45, 7) is 8.17. The van der Waals surface area contributed by atoms with Crippen molar-refractivity contribution in [1.82, 2.24) is 20.1 Å². The van der Waals surface area contributed by atoms with Crippen LogP contribution >= 0.6 is 0 Å². The standard InChI is InChI=1S/C22H30N4O2/c1-14(2)9-21-22(28)26-12-17(24-15(3)27)10-18(26)13-25(21)11-16-5-4-6-20-19(16)7-8-23-20/h4-8,14,17-18,21,23H,9-13H2,1-3H3,(H,24,27)/t17-,18-,21-/m0/s1. The quantitative estimate of drug-likeness (QED) is 0.835. The Kier molecular flexibility index (Phi) is 5.15. The molecule has 2 aromatic rings. The molecular weight excluding hydrogens is 352 g/mol. The van der Waals surface area contributed by atoms with E-state index in [4.69, 9.17) is 0 Å². The highest BCUT2D eigenvalue weighted by Gasteiger charge is 2.45. The van der Waals surface area contributed by atoms with Crippen LogP contribution in [0.3, 0.4) is 0 Å². The molecule has 0 spiro atoms. The molecule has 0 radical (unpaired) electrons. The van der Waals surface area contributed by atoms with Gasteiger partial charge in [-0.2, -0.15) is 0 Å². The number of H-pyrrole nitrogens is 1. The van der Waals surface area contributed by atoms with Crippen LogP contribution in [0.1, 0.15) is 39.2 Å². The highest BCUT2D eigenvalue weighted by atomic mass is 16.2. The number of benzene rings is 1. The molecule has 6 heteroatoms. The van der Waals surface area contributed by atoms with Gasteiger partial charge in [-0.1, -0.05) is 26.0 Å². The highest BCUT2D eigenvalue weighted by molar-refractivity contribution is 5.85. The molecule has 28 heavy (non-hydrogen) atoms. The molecule has 1 aromatic heterocycles. The van der Waals surface area contributed by atoms with E-state index in [1.807, 2.05) is 11.1 Å². The molecule has 1 aromatic carbocycles. The zero-order valence-corrected chi connectivity index (χ0v) is 16.9. The topological polar surface area (TPSA) is 68.4 Å². The molecule has 6 nitrogen and oxygen atoms in total. The summed E-state index contributed by atoms with van der Waals surface area (Å²) in [6.07, 6.45) is 3.67. The number of hydrogen-bond donors (Lipinski definition) is 2. The average Bonchev–Trinajstić information content (AvgIpc) is 3.24. The van der Waals surface area contributed by atoms with Crippen molar-refractivity contribution in [3.63, 3.8) is 0 Å². The predicted molar refractivity (Wildman–Crippen MR) is 110 cm³/mol. The lowest BCUT2D eigenvalue weighted by Crippen LogP contribution is -2.59. The Morgan fingerprint density at radius 1 is 1.29 bits per heavy atom. The van der Waals surface area contributed by atoms with E-state index in [9.17, 15) is 9.59 Å². The SMILES string of the molecule is CC(=O)N[C@H]1C[C@H]2CN(Cc3cccc4[nH]ccc34)[C@@H](CC(C)C)C(=O)N2C1. The fourth-order valence-electron chi connectivity index (χ4n) is 4.88. The van der Waals surface area contributed by atoms with Crippen LogP contribution < -0.4 is 5.32 Å². The van der Waals surface area contributed by atoms with Crippen LogP contribution in [0.4, 0.5) is 0 Å². The Morgan fingerprint density at radius 2 is 2.11 bits per heavy atom. The van der Waals surface area contributed by atoms with Gasteiger partial charge in [-0.15, -0.1) is 0 Å². The number of fused-ring (bicyclic) bond motifs is 2. The van der Waals surface area contributed by atoms with Gasteiger partial charge in [-0.25, -0.2) is 0 Å². The van der Waals surface area contributed by atoms with E-state index in [0.717, 1.165) is 31.4 Å². The minimum absolute atomic E-state index is 0.0213. The third-order valence-electron chi connectivity index (χ3n) is 6.03. The Bertz CT molecular complexity index is 874. The van der Waals surface area contributed by atoms with Crippen molar-refractivity contribution in [2.45, 2.75) is 58.3 Å². The molecule has 2 aliphatic heterocycles. The molecule has 0 bridgehead atoms. The second-order valence-corrected chi connectivity index (χ2v) is 8.71. The third kappa shape index (κ3) is 3.65. The first-order valence-electron chi connectivity index (χ1n) is 10.3. The smallest absolute Gasteiger partial charge is 0.240 e. The van der Waals surface area contributed by atoms with Gasteiger partial charge < -0.3 is 15.2 Å². The molecule has 0 unspecified atom stereocenters. The van der Waals surface area contributed by atoms with E-state index in [-0.39, 0.29) is 29.9 Å². The van der Waals surface area contributed by atoms with Crippen molar-refractivity contribution in [3.05, 3.63) is 36.0 Å². The maximum atomic E-state index is 13.4. The van der Waals surface area contributed by atoms with Crippen LogP contribution in [0.15, 0.2) is 30.5 Å². The van der Waals surface area contributed by atoms with Crippen molar-refractivity contribution < 1.29 is 9.59 Å². The Labute approximate surface area is 166 Å². The summed E-state index contributed by atoms with van der Waals surface area (Å²) in [5.41, 5.74) is 2.39. The molecule has 3 atom stereocenters. The van der Waals surface area contributed by atoms with E-state index in [0.29, 0.717) is 12.5 Å². The van der Waals surface area contributed by atoms with Crippen LogP contribution in [0.5, 0.6) is 0 Å². The lowest BCUT2D eigenvalue weighted by Gasteiger charge is -2.43. The summed E-state index contributed by atoms with van der Waals surface area (Å²) in [5, 5.41) is 4.23. The molecular formula is C22H30N4O2. The van der Waals surface area contributed by atoms with Crippen molar-refractivity contribution in [2.75, 3.05) is 13.1 Å². The van der Waals surface area contributed by atoms with Gasteiger partial charge in [-0.3, -0.25) is 14.5 Å². The molecule has 2 fully saturated rings. The monoisotopic (exact) mass is 382 g/mol. The number of amides is 2. The van der Waals surface area contributed by atoms with E-state index >= 15 is 0 Å². The van der Waals surface area contributed by atoms with Gasteiger partial charge >= 0.3 is 0 Å². The molecule has 4 rings (SSSR count). The zero-order valence-electron chi connectivity index (χ0n) is 16.9. The number of piperazine rings is 1. The van der Waals surface area contributed by atoms with Crippen LogP contribution in [-0.2, 0) is 16.1 Å². The summed E-state index contributed by atoms with van der Waals surface area (Å²) in [4.78, 5) is 32.5. The highest BCUT2D eigenvalue weighted by Crippen LogP contribution is 2.31. The Balaban J connectivity index is 1.58. The number of nitrogens with one attached hydrogen (secondary N) is 2. The number of nitrogens with zero attached hydrogens (tertiary/aromatic N) is 2. The largest absolute Gasteiger partial charge is 0.361 e. The van der Waals surface area contributed by atoms with E-state index < -0.39 is 0 Å². The van der Waals surface area contributed by atoms with Crippen LogP contribution in [0.2, 0.25) is 0 Å². The summed E-state index contributed by atoms with van der Waals surface area (Å²) in [7, 11) is 0. The number of carbonyl (C=O) groups is 2. The molecule has 150 valence electrons. The molecule has 3 heterocycles. The normalized spacial score (nSPS) is 25.5. The molecule has 2 saturated heterocycles. The summed E-state index contributed by atoms with van der Waals surface area (Å²) >= 11 is 0. The second kappa shape index (κ2) is 7.59. The van der Waals surface area contributed by atoms with Gasteiger partial charge in [0.05, 0.1) is 6.04 Å².